The summed E-state index contributed by atoms with van der Waals surface area (Å²) in [6, 6.07) is 4.00. The number of thiazole rings is 1. The van der Waals surface area contributed by atoms with E-state index in [2.05, 4.69) is 31.6 Å². The third kappa shape index (κ3) is 5.97. The number of anilines is 1. The molecule has 0 atom stereocenters. The maximum atomic E-state index is 6.00. The number of halogens is 2. The van der Waals surface area contributed by atoms with Crippen LogP contribution in [0.15, 0.2) is 22.5 Å². The molecule has 0 amide bonds. The van der Waals surface area contributed by atoms with Gasteiger partial charge in [0.1, 0.15) is 0 Å². The van der Waals surface area contributed by atoms with Gasteiger partial charge in [0.2, 0.25) is 0 Å². The van der Waals surface area contributed by atoms with E-state index in [0.717, 1.165) is 48.6 Å². The normalized spacial score (nSPS) is 14.4. The summed E-state index contributed by atoms with van der Waals surface area (Å²) in [5.74, 6) is 0.888. The Labute approximate surface area is 185 Å². The minimum absolute atomic E-state index is 0. The quantitative estimate of drug-likeness (QED) is 0.346. The van der Waals surface area contributed by atoms with E-state index in [-0.39, 0.29) is 24.0 Å². The van der Waals surface area contributed by atoms with Crippen LogP contribution in [0.1, 0.15) is 23.4 Å². The van der Waals surface area contributed by atoms with E-state index in [4.69, 9.17) is 16.6 Å². The predicted octanol–water partition coefficient (Wildman–Crippen LogP) is 4.33. The van der Waals surface area contributed by atoms with Gasteiger partial charge in [0.25, 0.3) is 0 Å². The van der Waals surface area contributed by atoms with Crippen molar-refractivity contribution < 1.29 is 0 Å². The van der Waals surface area contributed by atoms with Crippen molar-refractivity contribution >= 4 is 69.3 Å². The minimum Gasteiger partial charge on any atom is -0.356 e. The Kier molecular flexibility index (Phi) is 8.92. The maximum Gasteiger partial charge on any atom is 0.193 e. The van der Waals surface area contributed by atoms with E-state index < -0.39 is 0 Å². The van der Waals surface area contributed by atoms with E-state index in [1.54, 1.807) is 22.7 Å². The minimum atomic E-state index is 0. The standard InChI is InChI=1S/C17H24ClN5S2.HI/c1-19-16(22(2)11-14-5-6-15(18)25-14)20-8-7-13-12-24-17(21-13)23-9-3-4-10-23;/h5-6,12H,3-4,7-11H2,1-2H3,(H,19,20);1H. The van der Waals surface area contributed by atoms with Crippen molar-refractivity contribution in [2.75, 3.05) is 38.6 Å². The molecule has 2 aromatic heterocycles. The van der Waals surface area contributed by atoms with Crippen molar-refractivity contribution in [3.63, 3.8) is 0 Å². The number of thiophene rings is 1. The summed E-state index contributed by atoms with van der Waals surface area (Å²) in [6.45, 7) is 3.92. The van der Waals surface area contributed by atoms with Crippen LogP contribution in [-0.2, 0) is 13.0 Å². The van der Waals surface area contributed by atoms with Crippen LogP contribution >= 0.6 is 58.3 Å². The van der Waals surface area contributed by atoms with Crippen LogP contribution < -0.4 is 10.2 Å². The molecule has 0 aromatic carbocycles. The van der Waals surface area contributed by atoms with Gasteiger partial charge in [-0.05, 0) is 25.0 Å². The third-order valence-corrected chi connectivity index (χ3v) is 6.34. The van der Waals surface area contributed by atoms with Gasteiger partial charge in [-0.25, -0.2) is 4.98 Å². The number of aromatic nitrogens is 1. The number of guanidine groups is 1. The smallest absolute Gasteiger partial charge is 0.193 e. The summed E-state index contributed by atoms with van der Waals surface area (Å²) in [5.41, 5.74) is 1.16. The van der Waals surface area contributed by atoms with Crippen LogP contribution in [0.3, 0.4) is 0 Å². The fraction of sp³-hybridized carbons (Fsp3) is 0.529. The number of hydrogen-bond acceptors (Lipinski definition) is 5. The zero-order chi connectivity index (χ0) is 17.6. The highest BCUT2D eigenvalue weighted by molar-refractivity contribution is 14.0. The summed E-state index contributed by atoms with van der Waals surface area (Å²) < 4.78 is 0.823. The molecule has 1 saturated heterocycles. The molecule has 0 aliphatic carbocycles. The van der Waals surface area contributed by atoms with Crippen molar-refractivity contribution in [1.29, 1.82) is 0 Å². The monoisotopic (exact) mass is 525 g/mol. The number of nitrogens with zero attached hydrogens (tertiary/aromatic N) is 4. The van der Waals surface area contributed by atoms with Gasteiger partial charge in [-0.15, -0.1) is 46.7 Å². The molecule has 26 heavy (non-hydrogen) atoms. The molecule has 5 nitrogen and oxygen atoms in total. The first-order chi connectivity index (χ1) is 12.2. The Morgan fingerprint density at radius 2 is 2.15 bits per heavy atom. The summed E-state index contributed by atoms with van der Waals surface area (Å²) in [4.78, 5) is 14.9. The largest absolute Gasteiger partial charge is 0.356 e. The first-order valence-electron chi connectivity index (χ1n) is 8.51. The molecule has 0 unspecified atom stereocenters. The van der Waals surface area contributed by atoms with Crippen LogP contribution in [0.5, 0.6) is 0 Å². The fourth-order valence-corrected chi connectivity index (χ4v) is 4.95. The number of nitrogens with one attached hydrogen (secondary N) is 1. The second kappa shape index (κ2) is 10.7. The first-order valence-corrected chi connectivity index (χ1v) is 10.6. The highest BCUT2D eigenvalue weighted by atomic mass is 127. The van der Waals surface area contributed by atoms with Gasteiger partial charge in [0.05, 0.1) is 16.6 Å². The average Bonchev–Trinajstić information content (AvgIpc) is 3.33. The first kappa shape index (κ1) is 21.7. The van der Waals surface area contributed by atoms with Gasteiger partial charge < -0.3 is 15.1 Å². The second-order valence-corrected chi connectivity index (χ2v) is 8.74. The molecule has 1 aliphatic rings. The molecule has 0 radical (unpaired) electrons. The molecule has 0 saturated carbocycles. The van der Waals surface area contributed by atoms with E-state index in [0.29, 0.717) is 0 Å². The zero-order valence-electron chi connectivity index (χ0n) is 15.1. The van der Waals surface area contributed by atoms with Gasteiger partial charge >= 0.3 is 0 Å². The Balaban J connectivity index is 0.00000243. The lowest BCUT2D eigenvalue weighted by Crippen LogP contribution is -2.39. The Morgan fingerprint density at radius 1 is 1.38 bits per heavy atom. The highest BCUT2D eigenvalue weighted by Crippen LogP contribution is 2.24. The van der Waals surface area contributed by atoms with Crippen LogP contribution in [0.25, 0.3) is 0 Å². The Bertz CT molecular complexity index is 712. The topological polar surface area (TPSA) is 43.8 Å². The van der Waals surface area contributed by atoms with Crippen molar-refractivity contribution in [2.24, 2.45) is 4.99 Å². The van der Waals surface area contributed by atoms with Crippen molar-refractivity contribution in [1.82, 2.24) is 15.2 Å². The molecule has 2 aromatic rings. The molecule has 1 fully saturated rings. The van der Waals surface area contributed by atoms with Gasteiger partial charge in [-0.2, -0.15) is 0 Å². The third-order valence-electron chi connectivity index (χ3n) is 4.18. The molecule has 1 aliphatic heterocycles. The van der Waals surface area contributed by atoms with Gasteiger partial charge in [0, 0.05) is 50.4 Å². The summed E-state index contributed by atoms with van der Waals surface area (Å²) in [7, 11) is 3.85. The Hall–Kier alpha value is -0.580. The number of hydrogen-bond donors (Lipinski definition) is 1. The summed E-state index contributed by atoms with van der Waals surface area (Å²) in [6.07, 6.45) is 3.48. The molecular weight excluding hydrogens is 501 g/mol. The van der Waals surface area contributed by atoms with Crippen LogP contribution in [0.2, 0.25) is 4.34 Å². The van der Waals surface area contributed by atoms with Crippen LogP contribution in [-0.4, -0.2) is 49.6 Å². The molecule has 1 N–H and O–H groups in total. The van der Waals surface area contributed by atoms with E-state index >= 15 is 0 Å². The molecule has 9 heteroatoms. The van der Waals surface area contributed by atoms with Gasteiger partial charge in [-0.1, -0.05) is 11.6 Å². The molecular formula is C17H25ClIN5S2. The molecule has 0 spiro atoms. The lowest BCUT2D eigenvalue weighted by atomic mass is 10.3. The molecule has 144 valence electrons. The Morgan fingerprint density at radius 3 is 2.81 bits per heavy atom. The lowest BCUT2D eigenvalue weighted by Gasteiger charge is -2.21. The van der Waals surface area contributed by atoms with Gasteiger partial charge in [-0.3, -0.25) is 4.99 Å². The molecule has 0 bridgehead atoms. The average molecular weight is 526 g/mol. The SMILES string of the molecule is CN=C(NCCc1csc(N2CCCC2)n1)N(C)Cc1ccc(Cl)s1.I. The summed E-state index contributed by atoms with van der Waals surface area (Å²) in [5, 5.41) is 6.77. The van der Waals surface area contributed by atoms with Crippen molar-refractivity contribution in [2.45, 2.75) is 25.8 Å². The van der Waals surface area contributed by atoms with Crippen LogP contribution in [0.4, 0.5) is 5.13 Å². The van der Waals surface area contributed by atoms with Crippen molar-refractivity contribution in [3.05, 3.63) is 32.4 Å². The van der Waals surface area contributed by atoms with E-state index in [1.165, 1.54) is 22.9 Å². The highest BCUT2D eigenvalue weighted by Gasteiger charge is 2.15. The maximum absolute atomic E-state index is 6.00. The predicted molar refractivity (Wildman–Crippen MR) is 125 cm³/mol. The summed E-state index contributed by atoms with van der Waals surface area (Å²) >= 11 is 9.37. The fourth-order valence-electron chi connectivity index (χ4n) is 2.90. The molecule has 3 heterocycles. The van der Waals surface area contributed by atoms with Crippen molar-refractivity contribution in [3.8, 4) is 0 Å². The number of rotatable bonds is 6. The van der Waals surface area contributed by atoms with E-state index in [9.17, 15) is 0 Å². The van der Waals surface area contributed by atoms with Crippen LogP contribution in [0, 0.1) is 0 Å². The second-order valence-electron chi connectivity index (χ2n) is 6.10. The van der Waals surface area contributed by atoms with E-state index in [1.807, 2.05) is 20.2 Å². The zero-order valence-corrected chi connectivity index (χ0v) is 19.8. The lowest BCUT2D eigenvalue weighted by molar-refractivity contribution is 0.482. The molecule has 3 rings (SSSR count). The van der Waals surface area contributed by atoms with Gasteiger partial charge in [0.15, 0.2) is 11.1 Å². The number of aliphatic imine (C=N–C) groups is 1.